The highest BCUT2D eigenvalue weighted by molar-refractivity contribution is 14.1. The second kappa shape index (κ2) is 5.34. The Kier molecular flexibility index (Phi) is 3.83. The Labute approximate surface area is 110 Å². The minimum Gasteiger partial charge on any atom is -0.378 e. The summed E-state index contributed by atoms with van der Waals surface area (Å²) in [7, 11) is 0. The van der Waals surface area contributed by atoms with Crippen molar-refractivity contribution in [2.45, 2.75) is 13.0 Å². The zero-order valence-electron chi connectivity index (χ0n) is 9.15. The molecule has 82 valence electrons. The third-order valence-electron chi connectivity index (χ3n) is 2.55. The van der Waals surface area contributed by atoms with Crippen molar-refractivity contribution in [3.05, 3.63) is 63.7 Å². The molecule has 16 heavy (non-hydrogen) atoms. The smallest absolute Gasteiger partial charge is 0.0486 e. The molecule has 0 amide bonds. The van der Waals surface area contributed by atoms with E-state index in [4.69, 9.17) is 0 Å². The van der Waals surface area contributed by atoms with E-state index in [0.29, 0.717) is 6.04 Å². The summed E-state index contributed by atoms with van der Waals surface area (Å²) >= 11 is 2.35. The first-order valence-electron chi connectivity index (χ1n) is 5.33. The maximum absolute atomic E-state index is 3.52. The van der Waals surface area contributed by atoms with Crippen LogP contribution in [0.3, 0.4) is 0 Å². The average molecular weight is 323 g/mol. The van der Waals surface area contributed by atoms with Gasteiger partial charge in [-0.15, -0.1) is 0 Å². The third kappa shape index (κ3) is 2.76. The molecule has 0 saturated carbocycles. The molecule has 0 radical (unpaired) electrons. The first kappa shape index (κ1) is 11.5. The van der Waals surface area contributed by atoms with Gasteiger partial charge in [-0.3, -0.25) is 0 Å². The van der Waals surface area contributed by atoms with Gasteiger partial charge in [0, 0.05) is 15.3 Å². The number of rotatable bonds is 3. The average Bonchev–Trinajstić information content (AvgIpc) is 2.33. The molecule has 1 nitrogen and oxygen atoms in total. The monoisotopic (exact) mass is 323 g/mol. The number of para-hydroxylation sites is 1. The molecular weight excluding hydrogens is 309 g/mol. The highest BCUT2D eigenvalue weighted by atomic mass is 127. The molecular formula is C14H14IN. The van der Waals surface area contributed by atoms with Crippen molar-refractivity contribution in [3.8, 4) is 0 Å². The lowest BCUT2D eigenvalue weighted by atomic mass is 10.1. The van der Waals surface area contributed by atoms with Crippen LogP contribution in [0.2, 0.25) is 0 Å². The highest BCUT2D eigenvalue weighted by Gasteiger charge is 2.05. The quantitative estimate of drug-likeness (QED) is 0.822. The van der Waals surface area contributed by atoms with Crippen LogP contribution in [-0.4, -0.2) is 0 Å². The molecule has 1 unspecified atom stereocenters. The minimum atomic E-state index is 0.331. The fourth-order valence-electron chi connectivity index (χ4n) is 1.64. The lowest BCUT2D eigenvalue weighted by Crippen LogP contribution is -2.07. The topological polar surface area (TPSA) is 12.0 Å². The Hall–Kier alpha value is -1.03. The van der Waals surface area contributed by atoms with E-state index in [1.54, 1.807) is 0 Å². The fraction of sp³-hybridized carbons (Fsp3) is 0.143. The van der Waals surface area contributed by atoms with Crippen LogP contribution in [0.1, 0.15) is 18.5 Å². The van der Waals surface area contributed by atoms with Crippen molar-refractivity contribution in [2.75, 3.05) is 5.32 Å². The summed E-state index contributed by atoms with van der Waals surface area (Å²) in [5.41, 5.74) is 2.50. The Bertz CT molecular complexity index is 453. The molecule has 2 aromatic rings. The molecule has 0 heterocycles. The molecule has 2 aromatic carbocycles. The van der Waals surface area contributed by atoms with Gasteiger partial charge in [0.25, 0.3) is 0 Å². The van der Waals surface area contributed by atoms with Crippen LogP contribution in [0.15, 0.2) is 54.6 Å². The summed E-state index contributed by atoms with van der Waals surface area (Å²) in [4.78, 5) is 0. The molecule has 0 aliphatic rings. The van der Waals surface area contributed by atoms with Crippen LogP contribution >= 0.6 is 22.6 Å². The minimum absolute atomic E-state index is 0.331. The zero-order valence-corrected chi connectivity index (χ0v) is 11.3. The van der Waals surface area contributed by atoms with E-state index in [2.05, 4.69) is 83.4 Å². The summed E-state index contributed by atoms with van der Waals surface area (Å²) in [6, 6.07) is 19.2. The molecule has 2 heteroatoms. The number of hydrogen-bond acceptors (Lipinski definition) is 1. The SMILES string of the molecule is CC(Nc1ccccc1I)c1ccccc1. The Morgan fingerprint density at radius 1 is 0.938 bits per heavy atom. The molecule has 0 spiro atoms. The van der Waals surface area contributed by atoms with Crippen LogP contribution in [0.25, 0.3) is 0 Å². The van der Waals surface area contributed by atoms with Crippen LogP contribution in [-0.2, 0) is 0 Å². The van der Waals surface area contributed by atoms with Crippen molar-refractivity contribution in [2.24, 2.45) is 0 Å². The lowest BCUT2D eigenvalue weighted by Gasteiger charge is -2.16. The molecule has 2 rings (SSSR count). The van der Waals surface area contributed by atoms with Crippen molar-refractivity contribution >= 4 is 28.3 Å². The van der Waals surface area contributed by atoms with Crippen molar-refractivity contribution in [1.29, 1.82) is 0 Å². The summed E-state index contributed by atoms with van der Waals surface area (Å²) in [6.45, 7) is 2.18. The van der Waals surface area contributed by atoms with Crippen molar-refractivity contribution < 1.29 is 0 Å². The van der Waals surface area contributed by atoms with Gasteiger partial charge in [-0.2, -0.15) is 0 Å². The number of hydrogen-bond donors (Lipinski definition) is 1. The first-order chi connectivity index (χ1) is 7.77. The summed E-state index contributed by atoms with van der Waals surface area (Å²) in [5, 5.41) is 3.52. The highest BCUT2D eigenvalue weighted by Crippen LogP contribution is 2.23. The van der Waals surface area contributed by atoms with Crippen molar-refractivity contribution in [3.63, 3.8) is 0 Å². The summed E-state index contributed by atoms with van der Waals surface area (Å²) < 4.78 is 1.25. The van der Waals surface area contributed by atoms with Gasteiger partial charge in [-0.25, -0.2) is 0 Å². The Morgan fingerprint density at radius 3 is 2.25 bits per heavy atom. The van der Waals surface area contributed by atoms with Crippen LogP contribution in [0.4, 0.5) is 5.69 Å². The number of halogens is 1. The molecule has 0 aromatic heterocycles. The van der Waals surface area contributed by atoms with Gasteiger partial charge in [-0.1, -0.05) is 42.5 Å². The largest absolute Gasteiger partial charge is 0.378 e. The Morgan fingerprint density at radius 2 is 1.56 bits per heavy atom. The zero-order chi connectivity index (χ0) is 11.4. The van der Waals surface area contributed by atoms with Gasteiger partial charge in [0.1, 0.15) is 0 Å². The predicted octanol–water partition coefficient (Wildman–Crippen LogP) is 4.46. The number of benzene rings is 2. The summed E-state index contributed by atoms with van der Waals surface area (Å²) in [6.07, 6.45) is 0. The molecule has 0 aliphatic heterocycles. The maximum Gasteiger partial charge on any atom is 0.0486 e. The normalized spacial score (nSPS) is 12.1. The van der Waals surface area contributed by atoms with Crippen LogP contribution in [0, 0.1) is 3.57 Å². The Balaban J connectivity index is 2.14. The van der Waals surface area contributed by atoms with E-state index in [1.165, 1.54) is 14.8 Å². The van der Waals surface area contributed by atoms with Gasteiger partial charge < -0.3 is 5.32 Å². The molecule has 0 bridgehead atoms. The number of anilines is 1. The van der Waals surface area contributed by atoms with Crippen LogP contribution in [0.5, 0.6) is 0 Å². The molecule has 0 saturated heterocycles. The third-order valence-corrected chi connectivity index (χ3v) is 3.49. The molecule has 1 N–H and O–H groups in total. The first-order valence-corrected chi connectivity index (χ1v) is 6.41. The fourth-order valence-corrected chi connectivity index (χ4v) is 2.18. The summed E-state index contributed by atoms with van der Waals surface area (Å²) in [5.74, 6) is 0. The van der Waals surface area contributed by atoms with E-state index in [9.17, 15) is 0 Å². The van der Waals surface area contributed by atoms with E-state index in [1.807, 2.05) is 6.07 Å². The number of nitrogens with one attached hydrogen (secondary N) is 1. The van der Waals surface area contributed by atoms with Gasteiger partial charge in [0.15, 0.2) is 0 Å². The standard InChI is InChI=1S/C14H14IN/c1-11(12-7-3-2-4-8-12)16-14-10-6-5-9-13(14)15/h2-11,16H,1H3. The van der Waals surface area contributed by atoms with Crippen LogP contribution < -0.4 is 5.32 Å². The van der Waals surface area contributed by atoms with Gasteiger partial charge in [0.2, 0.25) is 0 Å². The molecule has 1 atom stereocenters. The van der Waals surface area contributed by atoms with E-state index in [0.717, 1.165) is 0 Å². The molecule has 0 aliphatic carbocycles. The molecule has 0 fully saturated rings. The van der Waals surface area contributed by atoms with E-state index < -0.39 is 0 Å². The van der Waals surface area contributed by atoms with E-state index >= 15 is 0 Å². The van der Waals surface area contributed by atoms with Gasteiger partial charge in [-0.05, 0) is 47.2 Å². The van der Waals surface area contributed by atoms with E-state index in [-0.39, 0.29) is 0 Å². The maximum atomic E-state index is 3.52. The van der Waals surface area contributed by atoms with Gasteiger partial charge in [0.05, 0.1) is 0 Å². The second-order valence-corrected chi connectivity index (χ2v) is 4.92. The van der Waals surface area contributed by atoms with Crippen molar-refractivity contribution in [1.82, 2.24) is 0 Å². The predicted molar refractivity (Wildman–Crippen MR) is 77.6 cm³/mol. The second-order valence-electron chi connectivity index (χ2n) is 3.76. The van der Waals surface area contributed by atoms with Gasteiger partial charge >= 0.3 is 0 Å². The lowest BCUT2D eigenvalue weighted by molar-refractivity contribution is 0.883.